The Hall–Kier alpha value is -8.68. The first-order valence-electron chi connectivity index (χ1n) is 35.9. The summed E-state index contributed by atoms with van der Waals surface area (Å²) < 4.78 is 214. The van der Waals surface area contributed by atoms with E-state index in [0.717, 1.165) is 144 Å². The molecule has 0 atom stereocenters. The fraction of sp³-hybridized carbons (Fsp3) is 0.389. The van der Waals surface area contributed by atoms with Crippen LogP contribution in [0.4, 0.5) is 45.8 Å². The third-order valence-electron chi connectivity index (χ3n) is 18.5. The van der Waals surface area contributed by atoms with E-state index in [0.29, 0.717) is 22.9 Å². The minimum Gasteiger partial charge on any atom is -0.370 e. The Kier molecular flexibility index (Phi) is 29.2. The van der Waals surface area contributed by atoms with Crippen LogP contribution in [0.15, 0.2) is 210 Å². The average Bonchev–Trinajstić information content (AvgIpc) is 0.805. The topological polar surface area (TPSA) is 399 Å². The minimum absolute atomic E-state index is 0.00777. The second-order valence-corrected chi connectivity index (χ2v) is 42.5. The fourth-order valence-corrected chi connectivity index (χ4v) is 20.1. The Morgan fingerprint density at radius 2 is 0.562 bits per heavy atom. The number of anilines is 8. The smallest absolute Gasteiger partial charge is 0.263 e. The van der Waals surface area contributed by atoms with Gasteiger partial charge in [0.15, 0.2) is 11.6 Å². The lowest BCUT2D eigenvalue weighted by atomic mass is 10.1. The van der Waals surface area contributed by atoms with Crippen LogP contribution in [0.3, 0.4) is 0 Å². The largest absolute Gasteiger partial charge is 0.370 e. The average molecular weight is 1700 g/mol. The fourth-order valence-electron chi connectivity index (χ4n) is 12.2. The van der Waals surface area contributed by atoms with Gasteiger partial charge in [0, 0.05) is 134 Å². The number of hydrogen-bond donors (Lipinski definition) is 4. The van der Waals surface area contributed by atoms with E-state index in [1.165, 1.54) is 191 Å². The molecule has 4 aliphatic heterocycles. The van der Waals surface area contributed by atoms with E-state index >= 15 is 0 Å². The molecule has 0 aliphatic carbocycles. The number of nitrogens with one attached hydrogen (secondary N) is 4. The molecule has 4 fully saturated rings. The number of pyridine rings is 4. The lowest BCUT2D eigenvalue weighted by Crippen LogP contribution is -2.31. The predicted molar refractivity (Wildman–Crippen MR) is 434 cm³/mol. The lowest BCUT2D eigenvalue weighted by molar-refractivity contribution is 0.519. The molecule has 0 radical (unpaired) electrons. The number of benzene rings is 4. The van der Waals surface area contributed by atoms with Gasteiger partial charge in [0.1, 0.15) is 0 Å². The maximum Gasteiger partial charge on any atom is 0.263 e. The van der Waals surface area contributed by atoms with Crippen LogP contribution in [-0.2, 0) is 80.2 Å². The Balaban J connectivity index is 0.000000171. The molecule has 4 aromatic heterocycles. The Labute approximate surface area is 659 Å². The van der Waals surface area contributed by atoms with Crippen molar-refractivity contribution in [3.63, 3.8) is 0 Å². The summed E-state index contributed by atoms with van der Waals surface area (Å²) in [5.74, 6) is 0.881. The molecular formula is C72H96N16O16S8. The molecule has 8 heterocycles. The molecule has 0 spiro atoms. The van der Waals surface area contributed by atoms with Crippen LogP contribution in [0.5, 0.6) is 0 Å². The maximum absolute atomic E-state index is 12.8. The van der Waals surface area contributed by atoms with Gasteiger partial charge in [-0.15, -0.1) is 0 Å². The van der Waals surface area contributed by atoms with Crippen LogP contribution < -0.4 is 38.5 Å². The zero-order valence-corrected chi connectivity index (χ0v) is 70.0. The molecule has 112 heavy (non-hydrogen) atoms. The van der Waals surface area contributed by atoms with E-state index in [4.69, 9.17) is 0 Å². The first kappa shape index (κ1) is 87.3. The summed E-state index contributed by atoms with van der Waals surface area (Å²) in [5, 5.41) is 0. The zero-order valence-electron chi connectivity index (χ0n) is 63.5. The molecule has 4 N–H and O–H groups in total. The molecule has 0 unspecified atom stereocenters. The number of rotatable bonds is 24. The van der Waals surface area contributed by atoms with E-state index in [9.17, 15) is 67.3 Å². The van der Waals surface area contributed by atoms with Gasteiger partial charge in [-0.2, -0.15) is 0 Å². The molecule has 4 aromatic carbocycles. The highest BCUT2D eigenvalue weighted by Crippen LogP contribution is 2.35. The number of aromatic nitrogens is 4. The van der Waals surface area contributed by atoms with E-state index < -0.39 is 80.2 Å². The monoisotopic (exact) mass is 1700 g/mol. The van der Waals surface area contributed by atoms with Gasteiger partial charge in [-0.25, -0.2) is 94.5 Å². The summed E-state index contributed by atoms with van der Waals surface area (Å²) in [5.41, 5.74) is 3.57. The van der Waals surface area contributed by atoms with Crippen LogP contribution in [0, 0.1) is 0 Å². The number of hydrogen-bond acceptors (Lipinski definition) is 24. The van der Waals surface area contributed by atoms with Gasteiger partial charge in [-0.05, 0) is 211 Å². The maximum atomic E-state index is 12.8. The minimum atomic E-state index is -3.90. The van der Waals surface area contributed by atoms with Gasteiger partial charge in [-0.1, -0.05) is 0 Å². The van der Waals surface area contributed by atoms with Gasteiger partial charge in [0.25, 0.3) is 40.1 Å². The first-order valence-corrected chi connectivity index (χ1v) is 47.6. The van der Waals surface area contributed by atoms with Crippen LogP contribution in [-0.4, -0.2) is 213 Å². The summed E-state index contributed by atoms with van der Waals surface area (Å²) >= 11 is 0. The SMILES string of the molecule is CN(C)S(=O)(=O)c1ccc(S(=O)(=O)Nc2cccnc2N2CCCCC2)cc1.CN(C)S(=O)(=O)c1ccc(S(=O)(=O)Nc2ccncc2N2CCCCC2)cc1.CN(C)S(=O)(=O)c1ccc(S(=O)(=O)Nc2cnccc2N2CCCCC2)cc1.CN(C)S(=O)(=O)c1ccc(S(=O)(=O)Nc2ncccc2N2CCCCC2)cc1. The molecule has 40 heteroatoms. The first-order chi connectivity index (χ1) is 52.9. The van der Waals surface area contributed by atoms with Crippen molar-refractivity contribution < 1.29 is 67.3 Å². The van der Waals surface area contributed by atoms with Crippen molar-refractivity contribution >= 4 is 126 Å². The quantitative estimate of drug-likeness (QED) is 0.0440. The lowest BCUT2D eigenvalue weighted by Gasteiger charge is -2.30. The summed E-state index contributed by atoms with van der Waals surface area (Å²) in [6.07, 6.45) is 22.6. The Bertz CT molecular complexity index is 4800. The van der Waals surface area contributed by atoms with Crippen LogP contribution in [0.1, 0.15) is 77.0 Å². The van der Waals surface area contributed by atoms with Crippen LogP contribution in [0.2, 0.25) is 0 Å². The summed E-state index contributed by atoms with van der Waals surface area (Å²) in [6.45, 7) is 6.85. The van der Waals surface area contributed by atoms with Crippen molar-refractivity contribution in [2.75, 3.05) is 147 Å². The van der Waals surface area contributed by atoms with Gasteiger partial charge >= 0.3 is 0 Å². The highest BCUT2D eigenvalue weighted by atomic mass is 32.2. The predicted octanol–water partition coefficient (Wildman–Crippen LogP) is 8.49. The highest BCUT2D eigenvalue weighted by Gasteiger charge is 2.29. The van der Waals surface area contributed by atoms with Crippen LogP contribution in [0.25, 0.3) is 0 Å². The van der Waals surface area contributed by atoms with Gasteiger partial charge in [0.2, 0.25) is 40.1 Å². The van der Waals surface area contributed by atoms with Crippen molar-refractivity contribution in [3.8, 4) is 0 Å². The van der Waals surface area contributed by atoms with E-state index in [2.05, 4.69) is 58.4 Å². The molecule has 4 saturated heterocycles. The summed E-state index contributed by atoms with van der Waals surface area (Å²) in [7, 11) is -18.6. The van der Waals surface area contributed by atoms with Gasteiger partial charge < -0.3 is 19.6 Å². The zero-order chi connectivity index (χ0) is 81.5. The molecule has 0 saturated carbocycles. The van der Waals surface area contributed by atoms with Crippen molar-refractivity contribution in [2.45, 2.75) is 116 Å². The second-order valence-electron chi connectivity index (χ2n) is 27.2. The normalized spacial score (nSPS) is 15.6. The third-order valence-corrected chi connectivity index (χ3v) is 31.3. The number of sulfonamides is 8. The molecule has 8 aromatic rings. The van der Waals surface area contributed by atoms with E-state index in [1.807, 2.05) is 6.07 Å². The summed E-state index contributed by atoms with van der Waals surface area (Å²) in [4.78, 5) is 25.3. The van der Waals surface area contributed by atoms with Crippen LogP contribution >= 0.6 is 0 Å². The van der Waals surface area contributed by atoms with Crippen molar-refractivity contribution in [3.05, 3.63) is 171 Å². The molecular weight excluding hydrogens is 1600 g/mol. The van der Waals surface area contributed by atoms with Crippen molar-refractivity contribution in [2.24, 2.45) is 0 Å². The number of piperidine rings is 4. The Morgan fingerprint density at radius 3 is 0.946 bits per heavy atom. The molecule has 32 nitrogen and oxygen atoms in total. The standard InChI is InChI=1S/4C18H24N4O4S2/c1-21(2)28(25,26)16-8-6-15(7-9-16)27(23,24)20-17-14-19-11-10-18(17)22-12-4-3-5-13-22;1-21(2)28(25,26)16-8-6-15(7-9-16)27(23,24)20-17-10-11-19-14-18(17)22-12-4-3-5-13-22;1-21(2)28(25,26)16-10-8-15(9-11-16)27(23,24)20-18-17(7-6-12-19-18)22-13-4-3-5-14-22;1-21(2)28(25,26)16-10-8-15(9-11-16)27(23,24)20-17-7-6-12-19-18(17)22-13-4-3-5-14-22/h6-11,14,20H,3-5,12-13H2,1-2H3;6-11,14H,3-5,12-13H2,1-2H3,(H,19,20);6-12H,3-5,13-14H2,1-2H3,(H,19,20);6-12,20H,3-5,13-14H2,1-2H3. The van der Waals surface area contributed by atoms with Gasteiger partial charge in [0.05, 0.1) is 85.7 Å². The van der Waals surface area contributed by atoms with Crippen molar-refractivity contribution in [1.29, 1.82) is 0 Å². The second kappa shape index (κ2) is 37.5. The molecule has 0 bridgehead atoms. The summed E-state index contributed by atoms with van der Waals surface area (Å²) in [6, 6.07) is 31.0. The Morgan fingerprint density at radius 1 is 0.268 bits per heavy atom. The van der Waals surface area contributed by atoms with E-state index in [-0.39, 0.29) is 45.0 Å². The third kappa shape index (κ3) is 22.0. The highest BCUT2D eigenvalue weighted by molar-refractivity contribution is 7.94. The number of nitrogens with zero attached hydrogens (tertiary/aromatic N) is 12. The van der Waals surface area contributed by atoms with Crippen molar-refractivity contribution in [1.82, 2.24) is 37.2 Å². The molecule has 4 aliphatic rings. The molecule has 12 rings (SSSR count). The van der Waals surface area contributed by atoms with E-state index in [1.54, 1.807) is 48.9 Å². The molecule has 0 amide bonds. The molecule has 608 valence electrons. The van der Waals surface area contributed by atoms with Gasteiger partial charge in [-0.3, -0.25) is 28.9 Å².